The average molecular weight is 430 g/mol. The number of methoxy groups -OCH3 is 1. The molecule has 6 nitrogen and oxygen atoms in total. The highest BCUT2D eigenvalue weighted by Crippen LogP contribution is 2.20. The molecule has 0 spiro atoms. The molecule has 1 aromatic heterocycles. The van der Waals surface area contributed by atoms with Gasteiger partial charge in [0.25, 0.3) is 0 Å². The number of aromatic nitrogens is 1. The number of rotatable bonds is 9. The van der Waals surface area contributed by atoms with Crippen LogP contribution in [-0.4, -0.2) is 55.7 Å². The van der Waals surface area contributed by atoms with Gasteiger partial charge in [0.05, 0.1) is 17.8 Å². The van der Waals surface area contributed by atoms with E-state index in [1.54, 1.807) is 18.4 Å². The number of guanidine groups is 1. The summed E-state index contributed by atoms with van der Waals surface area (Å²) >= 11 is 1.71. The predicted molar refractivity (Wildman–Crippen MR) is 126 cm³/mol. The van der Waals surface area contributed by atoms with Crippen LogP contribution in [0.2, 0.25) is 0 Å². The molecule has 164 valence electrons. The Kier molecular flexibility index (Phi) is 8.96. The van der Waals surface area contributed by atoms with Crippen LogP contribution in [-0.2, 0) is 13.0 Å². The van der Waals surface area contributed by atoms with Crippen LogP contribution < -0.4 is 15.4 Å². The first-order valence-corrected chi connectivity index (χ1v) is 11.8. The van der Waals surface area contributed by atoms with Crippen LogP contribution >= 0.6 is 11.3 Å². The summed E-state index contributed by atoms with van der Waals surface area (Å²) in [5.41, 5.74) is 2.51. The molecule has 30 heavy (non-hydrogen) atoms. The fourth-order valence-corrected chi connectivity index (χ4v) is 4.36. The molecule has 3 rings (SSSR count). The Morgan fingerprint density at radius 2 is 2.00 bits per heavy atom. The number of aliphatic imine (C=N–C) groups is 1. The van der Waals surface area contributed by atoms with Gasteiger partial charge in [0.2, 0.25) is 0 Å². The lowest BCUT2D eigenvalue weighted by molar-refractivity contribution is 0.180. The summed E-state index contributed by atoms with van der Waals surface area (Å²) in [4.78, 5) is 11.9. The molecule has 1 fully saturated rings. The van der Waals surface area contributed by atoms with Gasteiger partial charge in [-0.15, -0.1) is 11.3 Å². The summed E-state index contributed by atoms with van der Waals surface area (Å²) in [5.74, 6) is 2.50. The largest absolute Gasteiger partial charge is 0.497 e. The van der Waals surface area contributed by atoms with E-state index in [0.717, 1.165) is 68.1 Å². The van der Waals surface area contributed by atoms with E-state index in [2.05, 4.69) is 51.9 Å². The lowest BCUT2D eigenvalue weighted by Crippen LogP contribution is -2.39. The van der Waals surface area contributed by atoms with Crippen molar-refractivity contribution >= 4 is 17.3 Å². The second-order valence-electron chi connectivity index (χ2n) is 7.82. The van der Waals surface area contributed by atoms with Crippen molar-refractivity contribution in [2.24, 2.45) is 10.9 Å². The van der Waals surface area contributed by atoms with Crippen molar-refractivity contribution in [1.82, 2.24) is 20.5 Å². The molecule has 1 aromatic carbocycles. The minimum absolute atomic E-state index is 0.661. The molecule has 2 heterocycles. The lowest BCUT2D eigenvalue weighted by Gasteiger charge is -2.31. The number of hydrogen-bond donors (Lipinski definition) is 2. The third-order valence-corrected chi connectivity index (χ3v) is 6.29. The Labute approximate surface area is 184 Å². The van der Waals surface area contributed by atoms with Crippen LogP contribution in [0.25, 0.3) is 0 Å². The summed E-state index contributed by atoms with van der Waals surface area (Å²) in [5, 5.41) is 10.1. The van der Waals surface area contributed by atoms with Gasteiger partial charge in [-0.05, 0) is 63.4 Å². The van der Waals surface area contributed by atoms with Crippen molar-refractivity contribution < 1.29 is 4.74 Å². The van der Waals surface area contributed by atoms with Gasteiger partial charge in [0, 0.05) is 38.0 Å². The van der Waals surface area contributed by atoms with Gasteiger partial charge in [0.1, 0.15) is 5.75 Å². The van der Waals surface area contributed by atoms with Crippen LogP contribution in [0, 0.1) is 12.8 Å². The Hall–Kier alpha value is -2.12. The molecule has 0 atom stereocenters. The molecule has 0 bridgehead atoms. The standard InChI is InChI=1S/C23H35N5OS/c1-4-24-23(25-12-9-21-17-30-18(2)27-21)26-15-19-10-13-28(14-11-19)16-20-5-7-22(29-3)8-6-20/h5-8,17,19H,4,9-16H2,1-3H3,(H2,24,25,26). The van der Waals surface area contributed by atoms with Crippen molar-refractivity contribution in [3.8, 4) is 5.75 Å². The Morgan fingerprint density at radius 1 is 1.23 bits per heavy atom. The molecular weight excluding hydrogens is 394 g/mol. The fraction of sp³-hybridized carbons (Fsp3) is 0.565. The van der Waals surface area contributed by atoms with Gasteiger partial charge >= 0.3 is 0 Å². The smallest absolute Gasteiger partial charge is 0.191 e. The van der Waals surface area contributed by atoms with E-state index in [4.69, 9.17) is 9.73 Å². The van der Waals surface area contributed by atoms with Crippen LogP contribution in [0.4, 0.5) is 0 Å². The highest BCUT2D eigenvalue weighted by molar-refractivity contribution is 7.09. The zero-order valence-electron chi connectivity index (χ0n) is 18.5. The fourth-order valence-electron chi connectivity index (χ4n) is 3.71. The van der Waals surface area contributed by atoms with E-state index in [1.165, 1.54) is 18.4 Å². The summed E-state index contributed by atoms with van der Waals surface area (Å²) < 4.78 is 5.25. The number of benzene rings is 1. The molecule has 1 aliphatic heterocycles. The number of piperidine rings is 1. The van der Waals surface area contributed by atoms with Crippen LogP contribution in [0.15, 0.2) is 34.6 Å². The van der Waals surface area contributed by atoms with E-state index < -0.39 is 0 Å². The number of nitrogens with zero attached hydrogens (tertiary/aromatic N) is 3. The van der Waals surface area contributed by atoms with Gasteiger partial charge in [-0.1, -0.05) is 12.1 Å². The van der Waals surface area contributed by atoms with Gasteiger partial charge in [-0.25, -0.2) is 4.98 Å². The predicted octanol–water partition coefficient (Wildman–Crippen LogP) is 3.47. The van der Waals surface area contributed by atoms with Gasteiger partial charge in [-0.3, -0.25) is 9.89 Å². The number of thiazole rings is 1. The molecule has 0 aliphatic carbocycles. The lowest BCUT2D eigenvalue weighted by atomic mass is 9.96. The zero-order valence-corrected chi connectivity index (χ0v) is 19.3. The summed E-state index contributed by atoms with van der Waals surface area (Å²) in [6, 6.07) is 8.41. The van der Waals surface area contributed by atoms with Crippen LogP contribution in [0.1, 0.15) is 36.0 Å². The van der Waals surface area contributed by atoms with Crippen molar-refractivity contribution in [2.45, 2.75) is 39.7 Å². The van der Waals surface area contributed by atoms with Gasteiger partial charge in [-0.2, -0.15) is 0 Å². The summed E-state index contributed by atoms with van der Waals surface area (Å²) in [6.45, 7) is 10.1. The average Bonchev–Trinajstić information content (AvgIpc) is 3.18. The number of aryl methyl sites for hydroxylation is 1. The zero-order chi connectivity index (χ0) is 21.2. The second kappa shape index (κ2) is 11.9. The van der Waals surface area contributed by atoms with Crippen LogP contribution in [0.3, 0.4) is 0 Å². The quantitative estimate of drug-likeness (QED) is 0.472. The maximum Gasteiger partial charge on any atom is 0.191 e. The van der Waals surface area contributed by atoms with Gasteiger partial charge < -0.3 is 15.4 Å². The molecule has 0 radical (unpaired) electrons. The van der Waals surface area contributed by atoms with Crippen molar-refractivity contribution in [2.75, 3.05) is 39.8 Å². The highest BCUT2D eigenvalue weighted by atomic mass is 32.1. The molecule has 0 saturated carbocycles. The van der Waals surface area contributed by atoms with E-state index in [0.29, 0.717) is 5.92 Å². The number of hydrogen-bond acceptors (Lipinski definition) is 5. The summed E-state index contributed by atoms with van der Waals surface area (Å²) in [6.07, 6.45) is 3.34. The first kappa shape index (κ1) is 22.6. The van der Waals surface area contributed by atoms with E-state index in [9.17, 15) is 0 Å². The first-order valence-electron chi connectivity index (χ1n) is 10.9. The van der Waals surface area contributed by atoms with Gasteiger partial charge in [0.15, 0.2) is 5.96 Å². The summed E-state index contributed by atoms with van der Waals surface area (Å²) in [7, 11) is 1.71. The van der Waals surface area contributed by atoms with E-state index in [-0.39, 0.29) is 0 Å². The Balaban J connectivity index is 1.39. The maximum atomic E-state index is 5.25. The number of ether oxygens (including phenoxy) is 1. The maximum absolute atomic E-state index is 5.25. The molecule has 1 saturated heterocycles. The third kappa shape index (κ3) is 7.29. The SMILES string of the molecule is CCNC(=NCC1CCN(Cc2ccc(OC)cc2)CC1)NCCc1csc(C)n1. The monoisotopic (exact) mass is 429 g/mol. The number of likely N-dealkylation sites (tertiary alicyclic amines) is 1. The number of nitrogens with one attached hydrogen (secondary N) is 2. The molecule has 2 N–H and O–H groups in total. The molecule has 0 unspecified atom stereocenters. The Morgan fingerprint density at radius 3 is 2.63 bits per heavy atom. The highest BCUT2D eigenvalue weighted by Gasteiger charge is 2.19. The molecule has 0 amide bonds. The van der Waals surface area contributed by atoms with E-state index >= 15 is 0 Å². The molecule has 1 aliphatic rings. The van der Waals surface area contributed by atoms with Crippen molar-refractivity contribution in [1.29, 1.82) is 0 Å². The molecular formula is C23H35N5OS. The normalized spacial score (nSPS) is 15.9. The first-order chi connectivity index (χ1) is 14.7. The third-order valence-electron chi connectivity index (χ3n) is 5.46. The van der Waals surface area contributed by atoms with E-state index in [1.807, 2.05) is 12.1 Å². The van der Waals surface area contributed by atoms with Crippen molar-refractivity contribution in [3.05, 3.63) is 45.9 Å². The molecule has 2 aromatic rings. The second-order valence-corrected chi connectivity index (χ2v) is 8.88. The van der Waals surface area contributed by atoms with Crippen LogP contribution in [0.5, 0.6) is 5.75 Å². The van der Waals surface area contributed by atoms with Crippen molar-refractivity contribution in [3.63, 3.8) is 0 Å². The topological polar surface area (TPSA) is 61.8 Å². The minimum atomic E-state index is 0.661. The molecule has 7 heteroatoms. The minimum Gasteiger partial charge on any atom is -0.497 e. The Bertz CT molecular complexity index is 781.